The number of carbonyl (C=O) groups excluding carboxylic acids is 2. The van der Waals surface area contributed by atoms with E-state index in [1.54, 1.807) is 0 Å². The predicted molar refractivity (Wildman–Crippen MR) is 341 cm³/mol. The van der Waals surface area contributed by atoms with Gasteiger partial charge in [0.1, 0.15) is 13.2 Å². The summed E-state index contributed by atoms with van der Waals surface area (Å²) in [5.41, 5.74) is 0. The Hall–Kier alpha value is -2.23. The van der Waals surface area contributed by atoms with Crippen molar-refractivity contribution in [3.63, 3.8) is 0 Å². The van der Waals surface area contributed by atoms with Crippen molar-refractivity contribution >= 4 is 17.9 Å². The van der Waals surface area contributed by atoms with Crippen molar-refractivity contribution in [1.82, 2.24) is 0 Å². The second-order valence-electron chi connectivity index (χ2n) is 25.2. The fourth-order valence-corrected chi connectivity index (χ4v) is 10.6. The molecule has 0 saturated carbocycles. The van der Waals surface area contributed by atoms with Crippen molar-refractivity contribution < 1.29 is 42.9 Å². The van der Waals surface area contributed by atoms with Gasteiger partial charge in [-0.15, -0.1) is 0 Å². The van der Waals surface area contributed by atoms with E-state index in [-0.39, 0.29) is 32.2 Å². The Balaban J connectivity index is 3.97. The van der Waals surface area contributed by atoms with E-state index >= 15 is 0 Å². The van der Waals surface area contributed by atoms with Gasteiger partial charge in [0.05, 0.1) is 34.4 Å². The molecule has 0 aliphatic carbocycles. The van der Waals surface area contributed by atoms with E-state index in [4.69, 9.17) is 18.9 Å². The first-order valence-corrected chi connectivity index (χ1v) is 35.0. The van der Waals surface area contributed by atoms with Gasteiger partial charge in [0, 0.05) is 12.8 Å². The first kappa shape index (κ1) is 77.8. The molecule has 472 valence electrons. The van der Waals surface area contributed by atoms with Crippen LogP contribution in [0.2, 0.25) is 0 Å². The van der Waals surface area contributed by atoms with E-state index in [1.165, 1.54) is 276 Å². The number of likely N-dealkylation sites (N-methyl/N-ethyl adjacent to an activating group) is 1. The number of nitrogens with zero attached hydrogens (tertiary/aromatic N) is 1. The van der Waals surface area contributed by atoms with Crippen molar-refractivity contribution in [3.05, 3.63) is 24.3 Å². The molecule has 0 rings (SSSR count). The Kier molecular flexibility index (Phi) is 61.1. The molecule has 0 heterocycles. The highest BCUT2D eigenvalue weighted by molar-refractivity contribution is 5.71. The number of carboxylic acid groups (broad SMARTS) is 1. The third-order valence-corrected chi connectivity index (χ3v) is 16.0. The lowest BCUT2D eigenvalue weighted by Gasteiger charge is -2.25. The fourth-order valence-electron chi connectivity index (χ4n) is 10.6. The number of esters is 2. The maximum atomic E-state index is 12.9. The molecular weight excluding hydrogens is 995 g/mol. The number of rotatable bonds is 66. The van der Waals surface area contributed by atoms with E-state index in [0.29, 0.717) is 17.4 Å². The standard InChI is InChI=1S/C71H135NO8/c1-6-8-10-12-14-16-18-20-22-24-26-27-28-29-30-31-32-33-34-35-36-37-38-39-40-41-42-44-45-47-49-51-53-55-57-59-61-68(73)78-65-67(66-79-71(70(75)76)77-64-63-72(3,4)5)80-69(74)62-60-58-56-54-52-50-48-46-43-25-23-21-19-17-15-13-11-9-7-2/h15,17,21,23,67,71H,6-14,16,18-20,22,24-66H2,1-5H3/p+1/b17-15-,23-21-. The summed E-state index contributed by atoms with van der Waals surface area (Å²) in [7, 11) is 5.98. The Morgan fingerprint density at radius 2 is 0.675 bits per heavy atom. The molecule has 0 bridgehead atoms. The number of carboxylic acids is 1. The van der Waals surface area contributed by atoms with Crippen molar-refractivity contribution in [3.8, 4) is 0 Å². The smallest absolute Gasteiger partial charge is 0.361 e. The second-order valence-corrected chi connectivity index (χ2v) is 25.2. The van der Waals surface area contributed by atoms with Crippen LogP contribution in [0.15, 0.2) is 24.3 Å². The molecule has 1 N–H and O–H groups in total. The van der Waals surface area contributed by atoms with Crippen LogP contribution in [-0.2, 0) is 33.3 Å². The molecule has 0 aromatic rings. The number of hydrogen-bond acceptors (Lipinski definition) is 7. The maximum Gasteiger partial charge on any atom is 0.361 e. The summed E-state index contributed by atoms with van der Waals surface area (Å²) < 4.78 is 23.0. The number of carbonyl (C=O) groups is 3. The van der Waals surface area contributed by atoms with E-state index in [1.807, 2.05) is 21.1 Å². The number of unbranched alkanes of at least 4 members (excludes halogenated alkanes) is 47. The summed E-state index contributed by atoms with van der Waals surface area (Å²) in [5.74, 6) is -1.99. The quantitative estimate of drug-likeness (QED) is 0.0211. The molecule has 0 radical (unpaired) electrons. The molecule has 0 aliphatic heterocycles. The van der Waals surface area contributed by atoms with Gasteiger partial charge in [0.15, 0.2) is 6.10 Å². The SMILES string of the molecule is CCCCC/C=C\C/C=C\CCCCCCCCCCCC(=O)OC(COC(=O)CCCCCCCCCCCCCCCCCCCCCCCCCCCCCCCCCCCCCC)COC(OCC[N+](C)(C)C)C(=O)O. The Labute approximate surface area is 497 Å². The molecule has 2 unspecified atom stereocenters. The first-order chi connectivity index (χ1) is 39.1. The van der Waals surface area contributed by atoms with Crippen molar-refractivity contribution in [2.75, 3.05) is 47.5 Å². The minimum atomic E-state index is -1.51. The lowest BCUT2D eigenvalue weighted by molar-refractivity contribution is -0.870. The van der Waals surface area contributed by atoms with Gasteiger partial charge < -0.3 is 28.5 Å². The Morgan fingerprint density at radius 3 is 1.01 bits per heavy atom. The molecule has 9 nitrogen and oxygen atoms in total. The van der Waals surface area contributed by atoms with Crippen LogP contribution in [0.5, 0.6) is 0 Å². The van der Waals surface area contributed by atoms with Crippen LogP contribution in [0.3, 0.4) is 0 Å². The monoisotopic (exact) mass is 1130 g/mol. The summed E-state index contributed by atoms with van der Waals surface area (Å²) in [4.78, 5) is 37.5. The van der Waals surface area contributed by atoms with Crippen LogP contribution in [-0.4, -0.2) is 87.4 Å². The lowest BCUT2D eigenvalue weighted by atomic mass is 10.0. The summed E-state index contributed by atoms with van der Waals surface area (Å²) in [6.07, 6.45) is 74.5. The number of quaternary nitrogens is 1. The fraction of sp³-hybridized carbons (Fsp3) is 0.901. The molecule has 0 aromatic carbocycles. The lowest BCUT2D eigenvalue weighted by Crippen LogP contribution is -2.40. The van der Waals surface area contributed by atoms with E-state index in [2.05, 4.69) is 38.2 Å². The van der Waals surface area contributed by atoms with Crippen molar-refractivity contribution in [2.24, 2.45) is 0 Å². The molecule has 9 heteroatoms. The summed E-state index contributed by atoms with van der Waals surface area (Å²) >= 11 is 0. The molecule has 80 heavy (non-hydrogen) atoms. The van der Waals surface area contributed by atoms with Gasteiger partial charge in [0.25, 0.3) is 6.29 Å². The average Bonchev–Trinajstić information content (AvgIpc) is 3.43. The van der Waals surface area contributed by atoms with Crippen molar-refractivity contribution in [2.45, 2.75) is 367 Å². The third kappa shape index (κ3) is 63.4. The first-order valence-electron chi connectivity index (χ1n) is 35.0. The molecule has 0 saturated heterocycles. The molecular formula is C71H136NO8+. The second kappa shape index (κ2) is 62.8. The van der Waals surface area contributed by atoms with Gasteiger partial charge in [-0.25, -0.2) is 4.79 Å². The summed E-state index contributed by atoms with van der Waals surface area (Å²) in [6.45, 7) is 4.91. The van der Waals surface area contributed by atoms with Crippen LogP contribution in [0.25, 0.3) is 0 Å². The molecule has 0 aromatic heterocycles. The minimum absolute atomic E-state index is 0.178. The van der Waals surface area contributed by atoms with Crippen LogP contribution < -0.4 is 0 Å². The van der Waals surface area contributed by atoms with Crippen LogP contribution in [0.4, 0.5) is 0 Å². The van der Waals surface area contributed by atoms with Gasteiger partial charge in [0.2, 0.25) is 0 Å². The van der Waals surface area contributed by atoms with Gasteiger partial charge in [-0.2, -0.15) is 0 Å². The number of allylic oxidation sites excluding steroid dienone is 4. The van der Waals surface area contributed by atoms with Crippen molar-refractivity contribution in [1.29, 1.82) is 0 Å². The van der Waals surface area contributed by atoms with E-state index < -0.39 is 24.3 Å². The zero-order chi connectivity index (χ0) is 58.3. The zero-order valence-corrected chi connectivity index (χ0v) is 54.0. The average molecular weight is 1130 g/mol. The normalized spacial score (nSPS) is 12.8. The zero-order valence-electron chi connectivity index (χ0n) is 54.0. The third-order valence-electron chi connectivity index (χ3n) is 16.0. The number of ether oxygens (including phenoxy) is 4. The summed E-state index contributed by atoms with van der Waals surface area (Å²) in [6, 6.07) is 0. The molecule has 0 amide bonds. The molecule has 0 spiro atoms. The van der Waals surface area contributed by atoms with Gasteiger partial charge in [-0.05, 0) is 44.9 Å². The highest BCUT2D eigenvalue weighted by Gasteiger charge is 2.25. The highest BCUT2D eigenvalue weighted by Crippen LogP contribution is 2.19. The predicted octanol–water partition coefficient (Wildman–Crippen LogP) is 21.4. The number of aliphatic carboxylic acids is 1. The molecule has 2 atom stereocenters. The topological polar surface area (TPSA) is 108 Å². The number of hydrogen-bond donors (Lipinski definition) is 1. The van der Waals surface area contributed by atoms with Crippen LogP contribution in [0.1, 0.15) is 354 Å². The van der Waals surface area contributed by atoms with Crippen LogP contribution >= 0.6 is 0 Å². The largest absolute Gasteiger partial charge is 0.477 e. The van der Waals surface area contributed by atoms with E-state index in [9.17, 15) is 19.5 Å². The van der Waals surface area contributed by atoms with Gasteiger partial charge in [-0.1, -0.05) is 321 Å². The minimum Gasteiger partial charge on any atom is -0.477 e. The van der Waals surface area contributed by atoms with Gasteiger partial charge >= 0.3 is 17.9 Å². The van der Waals surface area contributed by atoms with Crippen LogP contribution in [0, 0.1) is 0 Å². The molecule has 0 aliphatic rings. The summed E-state index contributed by atoms with van der Waals surface area (Å²) in [5, 5.41) is 9.73. The molecule has 0 fully saturated rings. The Morgan fingerprint density at radius 1 is 0.375 bits per heavy atom. The highest BCUT2D eigenvalue weighted by atomic mass is 16.7. The Bertz CT molecular complexity index is 1360. The van der Waals surface area contributed by atoms with E-state index in [0.717, 1.165) is 51.4 Å². The van der Waals surface area contributed by atoms with Gasteiger partial charge in [-0.3, -0.25) is 9.59 Å². The maximum absolute atomic E-state index is 12.9.